The van der Waals surface area contributed by atoms with Gasteiger partial charge in [-0.15, -0.1) is 0 Å². The van der Waals surface area contributed by atoms with E-state index in [-0.39, 0.29) is 12.4 Å². The van der Waals surface area contributed by atoms with Crippen LogP contribution in [-0.2, 0) is 24.2 Å². The minimum absolute atomic E-state index is 0.0557. The average Bonchev–Trinajstić information content (AvgIpc) is 2.71. The Labute approximate surface area is 181 Å². The molecule has 4 heteroatoms. The summed E-state index contributed by atoms with van der Waals surface area (Å²) in [5.41, 5.74) is 3.48. The summed E-state index contributed by atoms with van der Waals surface area (Å²) in [4.78, 5) is 11.4. The van der Waals surface area contributed by atoms with Crippen LogP contribution in [-0.4, -0.2) is 18.0 Å². The maximum atomic E-state index is 11.4. The summed E-state index contributed by atoms with van der Waals surface area (Å²) in [6.45, 7) is 6.03. The fourth-order valence-electron chi connectivity index (χ4n) is 4.28. The largest absolute Gasteiger partial charge is 0.496 e. The van der Waals surface area contributed by atoms with Crippen LogP contribution in [0.25, 0.3) is 21.5 Å². The molecule has 0 aliphatic heterocycles. The molecule has 0 aromatic heterocycles. The molecular formula is C25H29BrO3. The van der Waals surface area contributed by atoms with Crippen molar-refractivity contribution in [1.29, 1.82) is 0 Å². The molecule has 3 rings (SSSR count). The number of ketones is 1. The first kappa shape index (κ1) is 21.8. The topological polar surface area (TPSA) is 46.5 Å². The van der Waals surface area contributed by atoms with E-state index >= 15 is 0 Å². The van der Waals surface area contributed by atoms with E-state index in [2.05, 4.69) is 60.1 Å². The van der Waals surface area contributed by atoms with Crippen molar-refractivity contribution >= 4 is 43.3 Å². The van der Waals surface area contributed by atoms with Crippen molar-refractivity contribution < 1.29 is 14.6 Å². The zero-order valence-electron chi connectivity index (χ0n) is 17.6. The van der Waals surface area contributed by atoms with Crippen LogP contribution in [0.2, 0.25) is 0 Å². The highest BCUT2D eigenvalue weighted by molar-refractivity contribution is 9.10. The SMILES string of the molecule is CCc1c(CC(C)CCC(C)=O)c2ccc(Br)cc2c2cc(CO)c(OC)cc12. The number of aliphatic hydroxyl groups excluding tert-OH is 1. The quantitative estimate of drug-likeness (QED) is 0.400. The number of aliphatic hydroxyl groups is 1. The minimum atomic E-state index is -0.0557. The molecule has 3 nitrogen and oxygen atoms in total. The number of hydrogen-bond acceptors (Lipinski definition) is 3. The molecule has 0 radical (unpaired) electrons. The van der Waals surface area contributed by atoms with Crippen LogP contribution in [0.3, 0.4) is 0 Å². The average molecular weight is 457 g/mol. The molecule has 0 saturated carbocycles. The van der Waals surface area contributed by atoms with Crippen molar-refractivity contribution in [3.63, 3.8) is 0 Å². The van der Waals surface area contributed by atoms with E-state index in [4.69, 9.17) is 4.74 Å². The second-order valence-corrected chi connectivity index (χ2v) is 8.83. The van der Waals surface area contributed by atoms with E-state index in [1.807, 2.05) is 0 Å². The Morgan fingerprint density at radius 1 is 1.10 bits per heavy atom. The Bertz CT molecular complexity index is 1060. The minimum Gasteiger partial charge on any atom is -0.496 e. The maximum absolute atomic E-state index is 11.4. The molecule has 1 N–H and O–H groups in total. The fraction of sp³-hybridized carbons (Fsp3) is 0.400. The molecule has 29 heavy (non-hydrogen) atoms. The van der Waals surface area contributed by atoms with Gasteiger partial charge in [0, 0.05) is 16.5 Å². The predicted octanol–water partition coefficient (Wildman–Crippen LogP) is 6.37. The normalized spacial score (nSPS) is 12.5. The number of aryl methyl sites for hydroxylation is 1. The molecule has 3 aromatic carbocycles. The van der Waals surface area contributed by atoms with Gasteiger partial charge in [-0.1, -0.05) is 35.8 Å². The Morgan fingerprint density at radius 3 is 2.45 bits per heavy atom. The Morgan fingerprint density at radius 2 is 1.83 bits per heavy atom. The van der Waals surface area contributed by atoms with Crippen LogP contribution < -0.4 is 4.74 Å². The van der Waals surface area contributed by atoms with Crippen LogP contribution in [0, 0.1) is 5.92 Å². The molecule has 0 aliphatic carbocycles. The lowest BCUT2D eigenvalue weighted by atomic mass is 9.84. The molecule has 0 fully saturated rings. The van der Waals surface area contributed by atoms with Crippen LogP contribution in [0.15, 0.2) is 34.8 Å². The first-order valence-electron chi connectivity index (χ1n) is 10.2. The third-order valence-electron chi connectivity index (χ3n) is 5.77. The van der Waals surface area contributed by atoms with Gasteiger partial charge in [-0.05, 0) is 89.0 Å². The van der Waals surface area contributed by atoms with E-state index in [1.165, 1.54) is 27.3 Å². The van der Waals surface area contributed by atoms with E-state index in [9.17, 15) is 9.90 Å². The van der Waals surface area contributed by atoms with Gasteiger partial charge >= 0.3 is 0 Å². The summed E-state index contributed by atoms with van der Waals surface area (Å²) in [5.74, 6) is 1.40. The van der Waals surface area contributed by atoms with Gasteiger partial charge in [-0.3, -0.25) is 0 Å². The second-order valence-electron chi connectivity index (χ2n) is 7.92. The number of rotatable bonds is 8. The zero-order chi connectivity index (χ0) is 21.1. The molecule has 0 bridgehead atoms. The summed E-state index contributed by atoms with van der Waals surface area (Å²) in [5, 5.41) is 14.6. The van der Waals surface area contributed by atoms with Crippen LogP contribution in [0.5, 0.6) is 5.75 Å². The monoisotopic (exact) mass is 456 g/mol. The number of halogens is 1. The number of benzene rings is 3. The molecule has 1 atom stereocenters. The van der Waals surface area contributed by atoms with Crippen LogP contribution >= 0.6 is 15.9 Å². The smallest absolute Gasteiger partial charge is 0.129 e. The van der Waals surface area contributed by atoms with E-state index in [1.54, 1.807) is 14.0 Å². The summed E-state index contributed by atoms with van der Waals surface area (Å²) in [7, 11) is 1.65. The van der Waals surface area contributed by atoms with Crippen molar-refractivity contribution in [2.24, 2.45) is 5.92 Å². The second kappa shape index (κ2) is 9.27. The lowest BCUT2D eigenvalue weighted by molar-refractivity contribution is -0.117. The summed E-state index contributed by atoms with van der Waals surface area (Å²) >= 11 is 3.62. The van der Waals surface area contributed by atoms with Gasteiger partial charge in [0.1, 0.15) is 11.5 Å². The summed E-state index contributed by atoms with van der Waals surface area (Å²) < 4.78 is 6.59. The lowest BCUT2D eigenvalue weighted by Crippen LogP contribution is -2.07. The van der Waals surface area contributed by atoms with Crippen molar-refractivity contribution in [3.05, 3.63) is 51.5 Å². The molecule has 3 aromatic rings. The standard InChI is InChI=1S/C25H29BrO3/c1-5-19-21(10-15(2)6-7-16(3)28)20-9-8-18(26)12-23(20)22-11-17(14-27)25(29-4)13-24(19)22/h8-9,11-13,15,27H,5-7,10,14H2,1-4H3. The number of fused-ring (bicyclic) bond motifs is 3. The van der Waals surface area contributed by atoms with Gasteiger partial charge in [-0.25, -0.2) is 0 Å². The first-order chi connectivity index (χ1) is 13.9. The molecule has 0 spiro atoms. The maximum Gasteiger partial charge on any atom is 0.129 e. The van der Waals surface area contributed by atoms with Crippen molar-refractivity contribution in [1.82, 2.24) is 0 Å². The first-order valence-corrected chi connectivity index (χ1v) is 11.0. The molecule has 0 aliphatic rings. The highest BCUT2D eigenvalue weighted by Crippen LogP contribution is 2.39. The van der Waals surface area contributed by atoms with Crippen molar-refractivity contribution in [2.75, 3.05) is 7.11 Å². The Hall–Kier alpha value is -1.91. The van der Waals surface area contributed by atoms with Gasteiger partial charge in [-0.2, -0.15) is 0 Å². The van der Waals surface area contributed by atoms with E-state index in [0.29, 0.717) is 12.3 Å². The predicted molar refractivity (Wildman–Crippen MR) is 124 cm³/mol. The van der Waals surface area contributed by atoms with E-state index in [0.717, 1.165) is 40.4 Å². The fourth-order valence-corrected chi connectivity index (χ4v) is 4.64. The summed E-state index contributed by atoms with van der Waals surface area (Å²) in [6, 6.07) is 10.6. The molecule has 154 valence electrons. The molecule has 0 heterocycles. The Balaban J connectivity index is 2.29. The highest BCUT2D eigenvalue weighted by atomic mass is 79.9. The number of Topliss-reactive ketones (excluding diaryl/α,β-unsaturated/α-hetero) is 1. The van der Waals surface area contributed by atoms with Crippen LogP contribution in [0.4, 0.5) is 0 Å². The molecule has 0 saturated heterocycles. The van der Waals surface area contributed by atoms with E-state index < -0.39 is 0 Å². The Kier molecular flexibility index (Phi) is 6.97. The van der Waals surface area contributed by atoms with Gasteiger partial charge < -0.3 is 14.6 Å². The number of hydrogen-bond donors (Lipinski definition) is 1. The third-order valence-corrected chi connectivity index (χ3v) is 6.27. The van der Waals surface area contributed by atoms with Gasteiger partial charge in [0.25, 0.3) is 0 Å². The van der Waals surface area contributed by atoms with Crippen molar-refractivity contribution in [3.8, 4) is 5.75 Å². The number of carbonyl (C=O) groups excluding carboxylic acids is 1. The zero-order valence-corrected chi connectivity index (χ0v) is 19.2. The van der Waals surface area contributed by atoms with Gasteiger partial charge in [0.15, 0.2) is 0 Å². The molecule has 1 unspecified atom stereocenters. The van der Waals surface area contributed by atoms with Gasteiger partial charge in [0.05, 0.1) is 13.7 Å². The molecule has 0 amide bonds. The third kappa shape index (κ3) is 4.49. The van der Waals surface area contributed by atoms with Gasteiger partial charge in [0.2, 0.25) is 0 Å². The van der Waals surface area contributed by atoms with Crippen LogP contribution in [0.1, 0.15) is 50.3 Å². The molecular weight excluding hydrogens is 428 g/mol. The summed E-state index contributed by atoms with van der Waals surface area (Å²) in [6.07, 6.45) is 3.39. The number of methoxy groups -OCH3 is 1. The highest BCUT2D eigenvalue weighted by Gasteiger charge is 2.18. The van der Waals surface area contributed by atoms with Crippen molar-refractivity contribution in [2.45, 2.75) is 53.1 Å². The number of ether oxygens (including phenoxy) is 1. The number of carbonyl (C=O) groups is 1. The lowest BCUT2D eigenvalue weighted by Gasteiger charge is -2.21.